The first-order valence-electron chi connectivity index (χ1n) is 4.79. The van der Waals surface area contributed by atoms with Gasteiger partial charge in [0.15, 0.2) is 0 Å². The first-order chi connectivity index (χ1) is 8.16. The number of thiophene rings is 1. The molecule has 2 rings (SSSR count). The van der Waals surface area contributed by atoms with Crippen LogP contribution in [0.5, 0.6) is 0 Å². The minimum absolute atomic E-state index is 0.151. The van der Waals surface area contributed by atoms with Gasteiger partial charge in [0.25, 0.3) is 5.91 Å². The van der Waals surface area contributed by atoms with E-state index in [-0.39, 0.29) is 10.8 Å². The second kappa shape index (κ2) is 4.84. The smallest absolute Gasteiger partial charge is 0.345 e. The molecule has 0 saturated carbocycles. The van der Waals surface area contributed by atoms with Crippen LogP contribution < -0.4 is 5.32 Å². The monoisotopic (exact) mass is 251 g/mol. The molecule has 0 unspecified atom stereocenters. The van der Waals surface area contributed by atoms with Crippen LogP contribution in [0.2, 0.25) is 0 Å². The Balaban J connectivity index is 1.97. The van der Waals surface area contributed by atoms with Gasteiger partial charge in [-0.1, -0.05) is 0 Å². The van der Waals surface area contributed by atoms with Crippen LogP contribution >= 0.6 is 11.3 Å². The van der Waals surface area contributed by atoms with Gasteiger partial charge in [0.1, 0.15) is 4.88 Å². The zero-order valence-corrected chi connectivity index (χ0v) is 9.49. The quantitative estimate of drug-likeness (QED) is 0.870. The van der Waals surface area contributed by atoms with Crippen molar-refractivity contribution in [2.75, 3.05) is 0 Å². The predicted molar refractivity (Wildman–Crippen MR) is 61.2 cm³/mol. The molecule has 5 nitrogen and oxygen atoms in total. The van der Waals surface area contributed by atoms with Crippen molar-refractivity contribution in [3.8, 4) is 0 Å². The van der Waals surface area contributed by atoms with E-state index >= 15 is 0 Å². The molecule has 2 aromatic rings. The molecule has 0 aromatic carbocycles. The number of hydrogen-bond acceptors (Lipinski definition) is 4. The number of rotatable bonds is 4. The second-order valence-corrected chi connectivity index (χ2v) is 4.37. The Morgan fingerprint density at radius 3 is 2.65 bits per heavy atom. The molecular formula is C11H9NO4S. The lowest BCUT2D eigenvalue weighted by atomic mass is 10.3. The van der Waals surface area contributed by atoms with Crippen molar-refractivity contribution < 1.29 is 19.1 Å². The molecule has 0 aliphatic rings. The normalized spacial score (nSPS) is 10.1. The van der Waals surface area contributed by atoms with Crippen LogP contribution in [0.15, 0.2) is 35.1 Å². The average molecular weight is 251 g/mol. The van der Waals surface area contributed by atoms with Gasteiger partial charge in [0, 0.05) is 12.1 Å². The lowest BCUT2D eigenvalue weighted by Crippen LogP contribution is -2.21. The maximum atomic E-state index is 11.7. The summed E-state index contributed by atoms with van der Waals surface area (Å²) in [4.78, 5) is 22.8. The highest BCUT2D eigenvalue weighted by Crippen LogP contribution is 2.16. The summed E-state index contributed by atoms with van der Waals surface area (Å²) in [5.74, 6) is -1.31. The number of hydrogen-bond donors (Lipinski definition) is 2. The van der Waals surface area contributed by atoms with E-state index in [4.69, 9.17) is 9.52 Å². The van der Waals surface area contributed by atoms with Crippen LogP contribution in [0.3, 0.4) is 0 Å². The molecule has 6 heteroatoms. The number of carbonyl (C=O) groups is 2. The number of nitrogens with one attached hydrogen (secondary N) is 1. The summed E-state index contributed by atoms with van der Waals surface area (Å²) < 4.78 is 4.86. The number of furan rings is 1. The van der Waals surface area contributed by atoms with Crippen molar-refractivity contribution in [2.24, 2.45) is 0 Å². The number of aromatic carboxylic acids is 1. The Morgan fingerprint density at radius 2 is 2.06 bits per heavy atom. The number of carbonyl (C=O) groups excluding carboxylic acids is 1. The van der Waals surface area contributed by atoms with E-state index in [1.54, 1.807) is 6.07 Å². The molecule has 0 saturated heterocycles. The minimum Gasteiger partial charge on any atom is -0.477 e. The van der Waals surface area contributed by atoms with Gasteiger partial charge in [0.05, 0.1) is 17.4 Å². The van der Waals surface area contributed by atoms with Gasteiger partial charge in [-0.15, -0.1) is 11.3 Å². The van der Waals surface area contributed by atoms with Crippen LogP contribution in [0.4, 0.5) is 0 Å². The first kappa shape index (κ1) is 11.4. The Bertz CT molecular complexity index is 529. The van der Waals surface area contributed by atoms with E-state index in [1.165, 1.54) is 24.7 Å². The summed E-state index contributed by atoms with van der Waals surface area (Å²) in [6.07, 6.45) is 3.06. The molecule has 0 aliphatic carbocycles. The molecule has 0 aliphatic heterocycles. The van der Waals surface area contributed by atoms with Gasteiger partial charge in [-0.05, 0) is 18.2 Å². The van der Waals surface area contributed by atoms with Gasteiger partial charge in [-0.25, -0.2) is 4.79 Å². The summed E-state index contributed by atoms with van der Waals surface area (Å²) in [5, 5.41) is 11.4. The Kier molecular flexibility index (Phi) is 3.24. The number of carboxylic acids is 1. The van der Waals surface area contributed by atoms with Crippen molar-refractivity contribution in [2.45, 2.75) is 6.54 Å². The molecule has 1 amide bonds. The molecule has 0 bridgehead atoms. The molecule has 17 heavy (non-hydrogen) atoms. The van der Waals surface area contributed by atoms with E-state index < -0.39 is 5.97 Å². The molecule has 2 N–H and O–H groups in total. The van der Waals surface area contributed by atoms with E-state index in [2.05, 4.69) is 5.32 Å². The lowest BCUT2D eigenvalue weighted by molar-refractivity contribution is 0.0702. The van der Waals surface area contributed by atoms with Crippen LogP contribution in [0.25, 0.3) is 0 Å². The van der Waals surface area contributed by atoms with Crippen LogP contribution in [-0.2, 0) is 6.54 Å². The first-order valence-corrected chi connectivity index (χ1v) is 5.61. The van der Waals surface area contributed by atoms with Gasteiger partial charge in [-0.2, -0.15) is 0 Å². The Labute approximate surface area is 101 Å². The second-order valence-electron chi connectivity index (χ2n) is 3.28. The van der Waals surface area contributed by atoms with E-state index in [9.17, 15) is 9.59 Å². The van der Waals surface area contributed by atoms with Crippen molar-refractivity contribution in [3.63, 3.8) is 0 Å². The van der Waals surface area contributed by atoms with Crippen LogP contribution in [0.1, 0.15) is 24.9 Å². The average Bonchev–Trinajstić information content (AvgIpc) is 2.96. The van der Waals surface area contributed by atoms with E-state index in [0.717, 1.165) is 16.9 Å². The molecule has 0 radical (unpaired) electrons. The van der Waals surface area contributed by atoms with Gasteiger partial charge >= 0.3 is 5.97 Å². The van der Waals surface area contributed by atoms with E-state index in [0.29, 0.717) is 11.4 Å². The van der Waals surface area contributed by atoms with E-state index in [1.807, 2.05) is 0 Å². The minimum atomic E-state index is -1.02. The highest BCUT2D eigenvalue weighted by molar-refractivity contribution is 7.15. The summed E-state index contributed by atoms with van der Waals surface area (Å²) in [5.41, 5.74) is 0.855. The van der Waals surface area contributed by atoms with Gasteiger partial charge in [0.2, 0.25) is 0 Å². The fourth-order valence-electron chi connectivity index (χ4n) is 1.24. The third-order valence-electron chi connectivity index (χ3n) is 2.07. The summed E-state index contributed by atoms with van der Waals surface area (Å²) in [6, 6.07) is 4.66. The summed E-state index contributed by atoms with van der Waals surface area (Å²) >= 11 is 0.951. The third-order valence-corrected chi connectivity index (χ3v) is 3.15. The van der Waals surface area contributed by atoms with Crippen LogP contribution in [0, 0.1) is 0 Å². The molecule has 0 atom stereocenters. The fraction of sp³-hybridized carbons (Fsp3) is 0.0909. The highest BCUT2D eigenvalue weighted by Gasteiger charge is 2.12. The van der Waals surface area contributed by atoms with Crippen LogP contribution in [-0.4, -0.2) is 17.0 Å². The molecular weight excluding hydrogens is 242 g/mol. The standard InChI is InChI=1S/C11H9NO4S/c13-10(12-5-7-3-4-16-6-7)8-1-2-9(17-8)11(14)15/h1-4,6H,5H2,(H,12,13)(H,14,15). The highest BCUT2D eigenvalue weighted by atomic mass is 32.1. The molecule has 0 fully saturated rings. The maximum Gasteiger partial charge on any atom is 0.345 e. The lowest BCUT2D eigenvalue weighted by Gasteiger charge is -2.00. The van der Waals surface area contributed by atoms with Crippen molar-refractivity contribution >= 4 is 23.2 Å². The predicted octanol–water partition coefficient (Wildman–Crippen LogP) is 1.97. The van der Waals surface area contributed by atoms with Gasteiger partial charge in [-0.3, -0.25) is 4.79 Å². The fourth-order valence-corrected chi connectivity index (χ4v) is 2.00. The Hall–Kier alpha value is -2.08. The van der Waals surface area contributed by atoms with Crippen molar-refractivity contribution in [3.05, 3.63) is 46.0 Å². The Morgan fingerprint density at radius 1 is 1.29 bits per heavy atom. The summed E-state index contributed by atoms with van der Waals surface area (Å²) in [6.45, 7) is 0.357. The topological polar surface area (TPSA) is 79.5 Å². The zero-order valence-electron chi connectivity index (χ0n) is 8.67. The van der Waals surface area contributed by atoms with Gasteiger partial charge < -0.3 is 14.8 Å². The number of carboxylic acid groups (broad SMARTS) is 1. The SMILES string of the molecule is O=C(O)c1ccc(C(=O)NCc2ccoc2)s1. The van der Waals surface area contributed by atoms with Crippen molar-refractivity contribution in [1.82, 2.24) is 5.32 Å². The largest absolute Gasteiger partial charge is 0.477 e. The summed E-state index contributed by atoms with van der Waals surface area (Å²) in [7, 11) is 0. The zero-order chi connectivity index (χ0) is 12.3. The molecule has 2 aromatic heterocycles. The molecule has 2 heterocycles. The maximum absolute atomic E-state index is 11.7. The van der Waals surface area contributed by atoms with Crippen molar-refractivity contribution in [1.29, 1.82) is 0 Å². The molecule has 88 valence electrons. The molecule has 0 spiro atoms. The third kappa shape index (κ3) is 2.73. The number of amides is 1.